The molecule has 0 spiro atoms. The second-order valence-electron chi connectivity index (χ2n) is 4.28. The Morgan fingerprint density at radius 1 is 1.62 bits per heavy atom. The van der Waals surface area contributed by atoms with Crippen molar-refractivity contribution in [3.63, 3.8) is 0 Å². The number of aliphatic hydroxyl groups is 1. The molecule has 16 heavy (non-hydrogen) atoms. The Bertz CT molecular complexity index is 373. The fourth-order valence-corrected chi connectivity index (χ4v) is 2.13. The molecule has 1 aromatic rings. The van der Waals surface area contributed by atoms with E-state index < -0.39 is 0 Å². The number of aromatic nitrogens is 1. The zero-order chi connectivity index (χ0) is 11.5. The molecule has 2 rings (SSSR count). The summed E-state index contributed by atoms with van der Waals surface area (Å²) in [4.78, 5) is 13.9. The van der Waals surface area contributed by atoms with Crippen molar-refractivity contribution >= 4 is 5.91 Å². The largest absolute Gasteiger partial charge is 0.391 e. The van der Waals surface area contributed by atoms with Gasteiger partial charge in [-0.1, -0.05) is 6.92 Å². The standard InChI is InChI=1S/C12H18N2O2/c1-2-6-13-7-3-4-11(13)12(16)14-8-5-10(15)9-14/h3-4,7,10,15H,2,5-6,8-9H2,1H3/t10-/m0/s1. The van der Waals surface area contributed by atoms with Crippen molar-refractivity contribution < 1.29 is 9.90 Å². The summed E-state index contributed by atoms with van der Waals surface area (Å²) in [6.07, 6.45) is 3.29. The van der Waals surface area contributed by atoms with Crippen molar-refractivity contribution in [2.45, 2.75) is 32.4 Å². The summed E-state index contributed by atoms with van der Waals surface area (Å²) in [5, 5.41) is 9.42. The van der Waals surface area contributed by atoms with Crippen LogP contribution in [0.5, 0.6) is 0 Å². The first-order chi connectivity index (χ1) is 7.72. The maximum absolute atomic E-state index is 12.1. The zero-order valence-electron chi connectivity index (χ0n) is 9.59. The minimum absolute atomic E-state index is 0.0370. The van der Waals surface area contributed by atoms with Gasteiger partial charge >= 0.3 is 0 Å². The number of likely N-dealkylation sites (tertiary alicyclic amines) is 1. The molecular formula is C12H18N2O2. The summed E-state index contributed by atoms with van der Waals surface area (Å²) < 4.78 is 1.98. The number of amides is 1. The molecule has 88 valence electrons. The van der Waals surface area contributed by atoms with Gasteiger partial charge in [0.15, 0.2) is 0 Å². The highest BCUT2D eigenvalue weighted by molar-refractivity contribution is 5.93. The van der Waals surface area contributed by atoms with Crippen molar-refractivity contribution in [3.05, 3.63) is 24.0 Å². The van der Waals surface area contributed by atoms with Crippen molar-refractivity contribution in [1.82, 2.24) is 9.47 Å². The van der Waals surface area contributed by atoms with Gasteiger partial charge in [0.1, 0.15) is 5.69 Å². The number of aliphatic hydroxyl groups excluding tert-OH is 1. The zero-order valence-corrected chi connectivity index (χ0v) is 9.59. The van der Waals surface area contributed by atoms with Gasteiger partial charge in [0.05, 0.1) is 6.10 Å². The fourth-order valence-electron chi connectivity index (χ4n) is 2.13. The number of aryl methyl sites for hydroxylation is 1. The number of hydrogen-bond acceptors (Lipinski definition) is 2. The summed E-state index contributed by atoms with van der Waals surface area (Å²) in [7, 11) is 0. The lowest BCUT2D eigenvalue weighted by molar-refractivity contribution is 0.0754. The van der Waals surface area contributed by atoms with Crippen molar-refractivity contribution in [2.75, 3.05) is 13.1 Å². The molecular weight excluding hydrogens is 204 g/mol. The van der Waals surface area contributed by atoms with E-state index in [1.807, 2.05) is 22.9 Å². The topological polar surface area (TPSA) is 45.5 Å². The molecule has 1 aliphatic rings. The van der Waals surface area contributed by atoms with E-state index in [1.165, 1.54) is 0 Å². The van der Waals surface area contributed by atoms with Crippen LogP contribution in [0.25, 0.3) is 0 Å². The number of rotatable bonds is 3. The highest BCUT2D eigenvalue weighted by atomic mass is 16.3. The number of β-amino-alcohol motifs (C(OH)–C–C–N with tert-alkyl or cyclic N) is 1. The molecule has 0 radical (unpaired) electrons. The summed E-state index contributed by atoms with van der Waals surface area (Å²) in [6.45, 7) is 4.09. The number of nitrogens with zero attached hydrogens (tertiary/aromatic N) is 2. The molecule has 1 aromatic heterocycles. The van der Waals surface area contributed by atoms with E-state index in [4.69, 9.17) is 0 Å². The van der Waals surface area contributed by atoms with Crippen LogP contribution in [-0.4, -0.2) is 39.7 Å². The first-order valence-electron chi connectivity index (χ1n) is 5.85. The Hall–Kier alpha value is -1.29. The second kappa shape index (κ2) is 4.70. The Morgan fingerprint density at radius 3 is 3.06 bits per heavy atom. The van der Waals surface area contributed by atoms with Crippen LogP contribution >= 0.6 is 0 Å². The smallest absolute Gasteiger partial charge is 0.270 e. The van der Waals surface area contributed by atoms with Crippen LogP contribution in [0, 0.1) is 0 Å². The van der Waals surface area contributed by atoms with Gasteiger partial charge in [-0.15, -0.1) is 0 Å². The van der Waals surface area contributed by atoms with Crippen molar-refractivity contribution in [3.8, 4) is 0 Å². The number of hydrogen-bond donors (Lipinski definition) is 1. The summed E-state index contributed by atoms with van der Waals surface area (Å²) in [5.74, 6) is 0.0370. The molecule has 0 aromatic carbocycles. The van der Waals surface area contributed by atoms with E-state index >= 15 is 0 Å². The van der Waals surface area contributed by atoms with E-state index in [0.717, 1.165) is 18.7 Å². The highest BCUT2D eigenvalue weighted by Crippen LogP contribution is 2.14. The van der Waals surface area contributed by atoms with Crippen molar-refractivity contribution in [2.24, 2.45) is 0 Å². The normalized spacial score (nSPS) is 20.4. The minimum Gasteiger partial charge on any atom is -0.391 e. The van der Waals surface area contributed by atoms with Gasteiger partial charge in [0, 0.05) is 25.8 Å². The lowest BCUT2D eigenvalue weighted by atomic mass is 10.3. The van der Waals surface area contributed by atoms with E-state index in [0.29, 0.717) is 19.5 Å². The van der Waals surface area contributed by atoms with Crippen LogP contribution in [0.2, 0.25) is 0 Å². The molecule has 0 saturated carbocycles. The third kappa shape index (κ3) is 2.11. The van der Waals surface area contributed by atoms with E-state index in [-0.39, 0.29) is 12.0 Å². The molecule has 0 unspecified atom stereocenters. The fraction of sp³-hybridized carbons (Fsp3) is 0.583. The Labute approximate surface area is 95.5 Å². The first-order valence-corrected chi connectivity index (χ1v) is 5.85. The predicted octanol–water partition coefficient (Wildman–Crippen LogP) is 1.10. The molecule has 4 heteroatoms. The number of carbonyl (C=O) groups is 1. The van der Waals surface area contributed by atoms with E-state index in [9.17, 15) is 9.90 Å². The molecule has 1 aliphatic heterocycles. The van der Waals surface area contributed by atoms with Crippen LogP contribution in [0.4, 0.5) is 0 Å². The van der Waals surface area contributed by atoms with Gasteiger partial charge in [0.2, 0.25) is 0 Å². The lowest BCUT2D eigenvalue weighted by Gasteiger charge is -2.16. The van der Waals surface area contributed by atoms with Gasteiger partial charge in [-0.05, 0) is 25.0 Å². The quantitative estimate of drug-likeness (QED) is 0.832. The van der Waals surface area contributed by atoms with Crippen LogP contribution in [-0.2, 0) is 6.54 Å². The lowest BCUT2D eigenvalue weighted by Crippen LogP contribution is -2.31. The minimum atomic E-state index is -0.349. The van der Waals surface area contributed by atoms with Gasteiger partial charge in [-0.3, -0.25) is 4.79 Å². The third-order valence-corrected chi connectivity index (χ3v) is 2.96. The summed E-state index contributed by atoms with van der Waals surface area (Å²) in [5.41, 5.74) is 0.732. The molecule has 1 fully saturated rings. The molecule has 0 aliphatic carbocycles. The maximum Gasteiger partial charge on any atom is 0.270 e. The molecule has 1 atom stereocenters. The average Bonchev–Trinajstić information content (AvgIpc) is 2.87. The summed E-state index contributed by atoms with van der Waals surface area (Å²) >= 11 is 0. The maximum atomic E-state index is 12.1. The monoisotopic (exact) mass is 222 g/mol. The van der Waals surface area contributed by atoms with E-state index in [1.54, 1.807) is 4.90 Å². The van der Waals surface area contributed by atoms with Gasteiger partial charge in [-0.2, -0.15) is 0 Å². The molecule has 0 bridgehead atoms. The van der Waals surface area contributed by atoms with Crippen LogP contribution in [0.1, 0.15) is 30.3 Å². The van der Waals surface area contributed by atoms with E-state index in [2.05, 4.69) is 6.92 Å². The third-order valence-electron chi connectivity index (χ3n) is 2.96. The summed E-state index contributed by atoms with van der Waals surface area (Å²) in [6, 6.07) is 3.75. The molecule has 4 nitrogen and oxygen atoms in total. The molecule has 1 N–H and O–H groups in total. The molecule has 2 heterocycles. The average molecular weight is 222 g/mol. The van der Waals surface area contributed by atoms with Crippen molar-refractivity contribution in [1.29, 1.82) is 0 Å². The predicted molar refractivity (Wildman–Crippen MR) is 61.3 cm³/mol. The van der Waals surface area contributed by atoms with Gasteiger partial charge in [-0.25, -0.2) is 0 Å². The van der Waals surface area contributed by atoms with Crippen LogP contribution in [0.3, 0.4) is 0 Å². The SMILES string of the molecule is CCCn1cccc1C(=O)N1CC[C@H](O)C1. The molecule has 1 saturated heterocycles. The first kappa shape index (κ1) is 11.2. The van der Waals surface area contributed by atoms with Gasteiger partial charge < -0.3 is 14.6 Å². The Morgan fingerprint density at radius 2 is 2.44 bits per heavy atom. The van der Waals surface area contributed by atoms with Gasteiger partial charge in [0.25, 0.3) is 5.91 Å². The molecule has 1 amide bonds. The van der Waals surface area contributed by atoms with Crippen LogP contribution in [0.15, 0.2) is 18.3 Å². The Balaban J connectivity index is 2.11. The Kier molecular flexibility index (Phi) is 3.29. The highest BCUT2D eigenvalue weighted by Gasteiger charge is 2.26. The second-order valence-corrected chi connectivity index (χ2v) is 4.28. The van der Waals surface area contributed by atoms with Crippen LogP contribution < -0.4 is 0 Å². The number of carbonyl (C=O) groups excluding carboxylic acids is 1.